The van der Waals surface area contributed by atoms with Crippen LogP contribution in [-0.2, 0) is 30.5 Å². The minimum absolute atomic E-state index is 0.0372. The van der Waals surface area contributed by atoms with E-state index in [2.05, 4.69) is 24.3 Å². The molecule has 4 nitrogen and oxygen atoms in total. The molecule has 0 saturated carbocycles. The van der Waals surface area contributed by atoms with Crippen LogP contribution in [0.3, 0.4) is 0 Å². The van der Waals surface area contributed by atoms with Crippen molar-refractivity contribution in [1.82, 2.24) is 0 Å². The molecule has 2 fully saturated rings. The molecule has 2 saturated heterocycles. The highest BCUT2D eigenvalue weighted by Crippen LogP contribution is 2.63. The van der Waals surface area contributed by atoms with E-state index in [1.165, 1.54) is 0 Å². The predicted octanol–water partition coefficient (Wildman–Crippen LogP) is 3.81. The second-order valence-electron chi connectivity index (χ2n) is 7.23. The summed E-state index contributed by atoms with van der Waals surface area (Å²) in [5, 5.41) is 2.28. The van der Waals surface area contributed by atoms with Crippen LogP contribution in [-0.4, -0.2) is 24.4 Å². The first kappa shape index (κ1) is 14.8. The van der Waals surface area contributed by atoms with Crippen LogP contribution in [0.5, 0.6) is 0 Å². The quantitative estimate of drug-likeness (QED) is 0.738. The zero-order chi connectivity index (χ0) is 16.7. The third-order valence-corrected chi connectivity index (χ3v) is 5.78. The monoisotopic (exact) mass is 326 g/mol. The first-order chi connectivity index (χ1) is 11.5. The van der Waals surface area contributed by atoms with Crippen LogP contribution in [0.2, 0.25) is 0 Å². The largest absolute Gasteiger partial charge is 0.336 e. The van der Waals surface area contributed by atoms with Gasteiger partial charge in [0.15, 0.2) is 0 Å². The number of ether oxygens (including phenoxy) is 4. The normalized spacial score (nSPS) is 35.5. The van der Waals surface area contributed by atoms with Crippen LogP contribution in [0.15, 0.2) is 36.4 Å². The van der Waals surface area contributed by atoms with Crippen molar-refractivity contribution in [2.24, 2.45) is 0 Å². The van der Waals surface area contributed by atoms with Gasteiger partial charge in [-0.3, -0.25) is 0 Å². The van der Waals surface area contributed by atoms with Crippen molar-refractivity contribution >= 4 is 10.8 Å². The molecule has 1 aliphatic carbocycles. The van der Waals surface area contributed by atoms with Crippen molar-refractivity contribution in [2.75, 3.05) is 0 Å². The van der Waals surface area contributed by atoms with E-state index in [1.54, 1.807) is 0 Å². The average molecular weight is 326 g/mol. The Labute approximate surface area is 141 Å². The van der Waals surface area contributed by atoms with Gasteiger partial charge in [-0.05, 0) is 38.5 Å². The van der Waals surface area contributed by atoms with Gasteiger partial charge in [-0.15, -0.1) is 0 Å². The van der Waals surface area contributed by atoms with E-state index in [4.69, 9.17) is 18.9 Å². The summed E-state index contributed by atoms with van der Waals surface area (Å²) in [5.74, 6) is -2.10. The summed E-state index contributed by atoms with van der Waals surface area (Å²) < 4.78 is 25.8. The van der Waals surface area contributed by atoms with E-state index >= 15 is 0 Å². The molecule has 4 atom stereocenters. The second kappa shape index (κ2) is 4.58. The van der Waals surface area contributed by atoms with E-state index in [1.807, 2.05) is 39.8 Å². The maximum atomic E-state index is 6.46. The molecule has 2 heterocycles. The fraction of sp³-hybridized carbons (Fsp3) is 0.500. The van der Waals surface area contributed by atoms with Gasteiger partial charge in [-0.25, -0.2) is 0 Å². The number of hydrogen-bond donors (Lipinski definition) is 0. The Morgan fingerprint density at radius 3 is 1.38 bits per heavy atom. The zero-order valence-corrected chi connectivity index (χ0v) is 14.4. The maximum Gasteiger partial charge on any atom is 0.257 e. The molecule has 0 amide bonds. The minimum Gasteiger partial charge on any atom is -0.336 e. The Kier molecular flexibility index (Phi) is 2.83. The molecule has 2 aliphatic heterocycles. The Morgan fingerprint density at radius 2 is 1.00 bits per heavy atom. The van der Waals surface area contributed by atoms with Crippen molar-refractivity contribution in [1.29, 1.82) is 0 Å². The van der Waals surface area contributed by atoms with Gasteiger partial charge in [0.05, 0.1) is 24.4 Å². The van der Waals surface area contributed by atoms with Gasteiger partial charge >= 0.3 is 0 Å². The topological polar surface area (TPSA) is 36.9 Å². The molecule has 2 spiro atoms. The van der Waals surface area contributed by atoms with Crippen LogP contribution in [0.4, 0.5) is 0 Å². The molecule has 0 bridgehead atoms. The lowest BCUT2D eigenvalue weighted by molar-refractivity contribution is -0.372. The zero-order valence-electron chi connectivity index (χ0n) is 14.4. The van der Waals surface area contributed by atoms with E-state index < -0.39 is 11.6 Å². The molecule has 2 aromatic carbocycles. The summed E-state index contributed by atoms with van der Waals surface area (Å²) in [7, 11) is 0. The molecule has 2 aromatic rings. The van der Waals surface area contributed by atoms with E-state index in [9.17, 15) is 0 Å². The van der Waals surface area contributed by atoms with Gasteiger partial charge in [0.25, 0.3) is 11.6 Å². The average Bonchev–Trinajstić information content (AvgIpc) is 3.11. The van der Waals surface area contributed by atoms with Crippen molar-refractivity contribution in [3.63, 3.8) is 0 Å². The van der Waals surface area contributed by atoms with Crippen LogP contribution in [0, 0.1) is 0 Å². The summed E-state index contributed by atoms with van der Waals surface area (Å²) in [6, 6.07) is 12.5. The molecule has 0 radical (unpaired) electrons. The Morgan fingerprint density at radius 1 is 0.625 bits per heavy atom. The molecule has 24 heavy (non-hydrogen) atoms. The first-order valence-electron chi connectivity index (χ1n) is 8.72. The number of rotatable bonds is 0. The molecule has 3 aliphatic rings. The fourth-order valence-corrected chi connectivity index (χ4v) is 4.29. The molecule has 0 N–H and O–H groups in total. The highest BCUT2D eigenvalue weighted by atomic mass is 16.8. The van der Waals surface area contributed by atoms with E-state index in [-0.39, 0.29) is 24.4 Å². The Bertz CT molecular complexity index is 745. The lowest BCUT2D eigenvalue weighted by Gasteiger charge is -2.38. The standard InChI is InChI=1S/C20H22O4/c1-11-12(2)22-19(21-11)16-9-5-7-15-8-6-10-17(18(15)16)20(19)23-13(3)14(4)24-20/h5-14H,1-4H3/t11-,12-,13-,14-/m1/s1. The van der Waals surface area contributed by atoms with Gasteiger partial charge in [0.2, 0.25) is 0 Å². The number of hydrogen-bond acceptors (Lipinski definition) is 4. The maximum absolute atomic E-state index is 6.46. The smallest absolute Gasteiger partial charge is 0.257 e. The summed E-state index contributed by atoms with van der Waals surface area (Å²) >= 11 is 0. The SMILES string of the molecule is C[C@H]1OC2(O[C@@H]1C)c1cccc3cccc(c13)C21O[C@H](C)[C@@H](C)O1. The molecular weight excluding hydrogens is 304 g/mol. The van der Waals surface area contributed by atoms with E-state index in [0.717, 1.165) is 21.9 Å². The first-order valence-corrected chi connectivity index (χ1v) is 8.72. The third kappa shape index (κ3) is 1.53. The Balaban J connectivity index is 1.85. The minimum atomic E-state index is -1.05. The van der Waals surface area contributed by atoms with Crippen LogP contribution >= 0.6 is 0 Å². The fourth-order valence-electron chi connectivity index (χ4n) is 4.29. The molecule has 126 valence electrons. The second-order valence-corrected chi connectivity index (χ2v) is 7.23. The summed E-state index contributed by atoms with van der Waals surface area (Å²) in [4.78, 5) is 0. The van der Waals surface area contributed by atoms with Crippen LogP contribution in [0.1, 0.15) is 38.8 Å². The van der Waals surface area contributed by atoms with Crippen molar-refractivity contribution < 1.29 is 18.9 Å². The molecular formula is C20H22O4. The van der Waals surface area contributed by atoms with Crippen molar-refractivity contribution in [3.8, 4) is 0 Å². The highest BCUT2D eigenvalue weighted by Gasteiger charge is 2.71. The summed E-state index contributed by atoms with van der Waals surface area (Å²) in [6.07, 6.45) is -0.149. The van der Waals surface area contributed by atoms with Crippen LogP contribution < -0.4 is 0 Å². The number of fused-ring (bicyclic) bond motifs is 3. The van der Waals surface area contributed by atoms with Gasteiger partial charge in [-0.1, -0.05) is 36.4 Å². The molecule has 0 aromatic heterocycles. The number of benzene rings is 2. The summed E-state index contributed by atoms with van der Waals surface area (Å²) in [6.45, 7) is 8.16. The van der Waals surface area contributed by atoms with Gasteiger partial charge < -0.3 is 18.9 Å². The van der Waals surface area contributed by atoms with Gasteiger partial charge in [0, 0.05) is 11.1 Å². The van der Waals surface area contributed by atoms with Crippen LogP contribution in [0.25, 0.3) is 10.8 Å². The van der Waals surface area contributed by atoms with Gasteiger partial charge in [0.1, 0.15) is 0 Å². The lowest BCUT2D eigenvalue weighted by Crippen LogP contribution is -2.49. The molecule has 4 heteroatoms. The van der Waals surface area contributed by atoms with Crippen molar-refractivity contribution in [3.05, 3.63) is 47.5 Å². The molecule has 0 unspecified atom stereocenters. The highest BCUT2D eigenvalue weighted by molar-refractivity contribution is 5.93. The lowest BCUT2D eigenvalue weighted by atomic mass is 10.0. The van der Waals surface area contributed by atoms with E-state index in [0.29, 0.717) is 0 Å². The molecule has 5 rings (SSSR count). The van der Waals surface area contributed by atoms with Crippen molar-refractivity contribution in [2.45, 2.75) is 63.7 Å². The van der Waals surface area contributed by atoms with Gasteiger partial charge in [-0.2, -0.15) is 0 Å². The predicted molar refractivity (Wildman–Crippen MR) is 89.5 cm³/mol. The summed E-state index contributed by atoms with van der Waals surface area (Å²) in [5.41, 5.74) is 2.02. The third-order valence-electron chi connectivity index (χ3n) is 5.78. The Hall–Kier alpha value is -1.46.